The number of halogens is 1. The molecule has 116 valence electrons. The third-order valence-corrected chi connectivity index (χ3v) is 4.12. The lowest BCUT2D eigenvalue weighted by Gasteiger charge is -2.09. The van der Waals surface area contributed by atoms with Gasteiger partial charge in [-0.05, 0) is 31.5 Å². The van der Waals surface area contributed by atoms with E-state index < -0.39 is 0 Å². The molecule has 0 aliphatic carbocycles. The van der Waals surface area contributed by atoms with Crippen molar-refractivity contribution in [2.75, 3.05) is 19.8 Å². The monoisotopic (exact) mass is 319 g/mol. The van der Waals surface area contributed by atoms with Crippen molar-refractivity contribution in [3.05, 3.63) is 46.7 Å². The summed E-state index contributed by atoms with van der Waals surface area (Å²) in [5, 5.41) is 7.90. The van der Waals surface area contributed by atoms with Crippen LogP contribution in [-0.4, -0.2) is 35.4 Å². The van der Waals surface area contributed by atoms with E-state index in [1.54, 1.807) is 16.9 Å². The quantitative estimate of drug-likeness (QED) is 0.942. The highest BCUT2D eigenvalue weighted by molar-refractivity contribution is 6.30. The Kier molecular flexibility index (Phi) is 4.45. The molecule has 22 heavy (non-hydrogen) atoms. The Bertz CT molecular complexity index is 678. The van der Waals surface area contributed by atoms with Crippen LogP contribution in [0.15, 0.2) is 30.5 Å². The van der Waals surface area contributed by atoms with Crippen LogP contribution in [0, 0.1) is 12.8 Å². The van der Waals surface area contributed by atoms with Crippen LogP contribution < -0.4 is 5.32 Å². The Morgan fingerprint density at radius 2 is 2.41 bits per heavy atom. The first-order valence-electron chi connectivity index (χ1n) is 7.31. The lowest BCUT2D eigenvalue weighted by molar-refractivity contribution is 0.0944. The average molecular weight is 320 g/mol. The van der Waals surface area contributed by atoms with Gasteiger partial charge in [-0.2, -0.15) is 5.10 Å². The van der Waals surface area contributed by atoms with Crippen molar-refractivity contribution in [3.8, 4) is 5.69 Å². The first-order chi connectivity index (χ1) is 10.6. The molecule has 0 radical (unpaired) electrons. The summed E-state index contributed by atoms with van der Waals surface area (Å²) in [5.41, 5.74) is 2.22. The molecule has 1 aliphatic rings. The first-order valence-corrected chi connectivity index (χ1v) is 7.69. The molecule has 0 unspecified atom stereocenters. The molecule has 1 aliphatic heterocycles. The molecule has 0 spiro atoms. The number of aromatic nitrogens is 2. The van der Waals surface area contributed by atoms with E-state index >= 15 is 0 Å². The molecule has 1 aromatic heterocycles. The number of nitrogens with zero attached hydrogens (tertiary/aromatic N) is 2. The maximum atomic E-state index is 12.3. The molecule has 1 amide bonds. The summed E-state index contributed by atoms with van der Waals surface area (Å²) in [5.74, 6) is 0.310. The zero-order chi connectivity index (χ0) is 15.5. The fraction of sp³-hybridized carbons (Fsp3) is 0.375. The summed E-state index contributed by atoms with van der Waals surface area (Å²) in [6.07, 6.45) is 2.59. The minimum Gasteiger partial charge on any atom is -0.381 e. The van der Waals surface area contributed by atoms with Crippen molar-refractivity contribution in [3.63, 3.8) is 0 Å². The Morgan fingerprint density at radius 1 is 1.55 bits per heavy atom. The van der Waals surface area contributed by atoms with Gasteiger partial charge in [0.15, 0.2) is 0 Å². The molecule has 1 saturated heterocycles. The van der Waals surface area contributed by atoms with Crippen LogP contribution >= 0.6 is 11.6 Å². The molecule has 6 heteroatoms. The van der Waals surface area contributed by atoms with Crippen molar-refractivity contribution in [2.24, 2.45) is 5.92 Å². The number of ether oxygens (including phenoxy) is 1. The van der Waals surface area contributed by atoms with Crippen molar-refractivity contribution in [1.82, 2.24) is 15.1 Å². The summed E-state index contributed by atoms with van der Waals surface area (Å²) in [6.45, 7) is 4.02. The van der Waals surface area contributed by atoms with Gasteiger partial charge in [0.1, 0.15) is 0 Å². The highest BCUT2D eigenvalue weighted by Crippen LogP contribution is 2.18. The molecule has 1 fully saturated rings. The summed E-state index contributed by atoms with van der Waals surface area (Å²) in [4.78, 5) is 12.3. The highest BCUT2D eigenvalue weighted by atomic mass is 35.5. The van der Waals surface area contributed by atoms with Gasteiger partial charge in [0.25, 0.3) is 5.91 Å². The van der Waals surface area contributed by atoms with Crippen molar-refractivity contribution in [1.29, 1.82) is 0 Å². The number of benzene rings is 1. The Labute approximate surface area is 134 Å². The van der Waals surface area contributed by atoms with E-state index in [0.29, 0.717) is 23.0 Å². The van der Waals surface area contributed by atoms with Crippen LogP contribution in [0.1, 0.15) is 22.5 Å². The van der Waals surface area contributed by atoms with Crippen LogP contribution in [0.25, 0.3) is 5.69 Å². The Balaban J connectivity index is 1.73. The lowest BCUT2D eigenvalue weighted by atomic mass is 10.1. The molecule has 5 nitrogen and oxygen atoms in total. The van der Waals surface area contributed by atoms with Gasteiger partial charge in [-0.15, -0.1) is 0 Å². The molecule has 2 aromatic rings. The van der Waals surface area contributed by atoms with Gasteiger partial charge in [-0.1, -0.05) is 17.7 Å². The number of nitrogens with one attached hydrogen (secondary N) is 1. The number of hydrogen-bond donors (Lipinski definition) is 1. The topological polar surface area (TPSA) is 56.1 Å². The lowest BCUT2D eigenvalue weighted by Crippen LogP contribution is -2.29. The van der Waals surface area contributed by atoms with Crippen LogP contribution in [0.4, 0.5) is 0 Å². The van der Waals surface area contributed by atoms with Gasteiger partial charge in [0, 0.05) is 24.1 Å². The summed E-state index contributed by atoms with van der Waals surface area (Å²) < 4.78 is 7.03. The van der Waals surface area contributed by atoms with Gasteiger partial charge in [0.2, 0.25) is 0 Å². The maximum absolute atomic E-state index is 12.3. The second kappa shape index (κ2) is 6.50. The Morgan fingerprint density at radius 3 is 3.14 bits per heavy atom. The molecular formula is C16H18ClN3O2. The number of carbonyl (C=O) groups is 1. The van der Waals surface area contributed by atoms with Crippen LogP contribution in [0.5, 0.6) is 0 Å². The minimum atomic E-state index is -0.0994. The maximum Gasteiger partial charge on any atom is 0.254 e. The predicted octanol–water partition coefficient (Wildman–Crippen LogP) is 2.60. The predicted molar refractivity (Wildman–Crippen MR) is 84.6 cm³/mol. The zero-order valence-electron chi connectivity index (χ0n) is 12.4. The zero-order valence-corrected chi connectivity index (χ0v) is 13.1. The smallest absolute Gasteiger partial charge is 0.254 e. The molecule has 0 bridgehead atoms. The molecular weight excluding hydrogens is 302 g/mol. The van der Waals surface area contributed by atoms with Crippen LogP contribution in [-0.2, 0) is 4.74 Å². The molecule has 1 N–H and O–H groups in total. The van der Waals surface area contributed by atoms with E-state index in [1.165, 1.54) is 0 Å². The van der Waals surface area contributed by atoms with E-state index in [0.717, 1.165) is 31.0 Å². The molecule has 3 rings (SSSR count). The minimum absolute atomic E-state index is 0.0994. The fourth-order valence-corrected chi connectivity index (χ4v) is 2.76. The highest BCUT2D eigenvalue weighted by Gasteiger charge is 2.19. The number of carbonyl (C=O) groups excluding carboxylic acids is 1. The molecule has 1 aromatic carbocycles. The standard InChI is InChI=1S/C16H18ClN3O2/c1-11-15(16(21)18-8-12-5-6-22-10-12)9-19-20(11)14-4-2-3-13(17)7-14/h2-4,7,9,12H,5-6,8,10H2,1H3,(H,18,21)/t12-/m0/s1. The van der Waals surface area contributed by atoms with E-state index in [9.17, 15) is 4.79 Å². The van der Waals surface area contributed by atoms with Crippen LogP contribution in [0.3, 0.4) is 0 Å². The van der Waals surface area contributed by atoms with E-state index in [-0.39, 0.29) is 5.91 Å². The molecule has 0 saturated carbocycles. The number of amides is 1. The number of rotatable bonds is 4. The average Bonchev–Trinajstić information content (AvgIpc) is 3.14. The van der Waals surface area contributed by atoms with Gasteiger partial charge in [-0.25, -0.2) is 4.68 Å². The second-order valence-electron chi connectivity index (χ2n) is 5.47. The van der Waals surface area contributed by atoms with Crippen molar-refractivity contribution < 1.29 is 9.53 Å². The largest absolute Gasteiger partial charge is 0.381 e. The molecule has 1 atom stereocenters. The van der Waals surface area contributed by atoms with Crippen molar-refractivity contribution in [2.45, 2.75) is 13.3 Å². The van der Waals surface area contributed by atoms with Crippen LogP contribution in [0.2, 0.25) is 5.02 Å². The summed E-state index contributed by atoms with van der Waals surface area (Å²) >= 11 is 6.01. The third-order valence-electron chi connectivity index (χ3n) is 3.88. The van der Waals surface area contributed by atoms with E-state index in [4.69, 9.17) is 16.3 Å². The third kappa shape index (κ3) is 3.15. The SMILES string of the molecule is Cc1c(C(=O)NC[C@@H]2CCOC2)cnn1-c1cccc(Cl)c1. The van der Waals surface area contributed by atoms with Gasteiger partial charge >= 0.3 is 0 Å². The normalized spacial score (nSPS) is 17.6. The van der Waals surface area contributed by atoms with E-state index in [1.807, 2.05) is 25.1 Å². The van der Waals surface area contributed by atoms with Gasteiger partial charge in [-0.3, -0.25) is 4.79 Å². The number of hydrogen-bond acceptors (Lipinski definition) is 3. The second-order valence-corrected chi connectivity index (χ2v) is 5.91. The fourth-order valence-electron chi connectivity index (χ4n) is 2.58. The summed E-state index contributed by atoms with van der Waals surface area (Å²) in [6, 6.07) is 7.39. The van der Waals surface area contributed by atoms with Gasteiger partial charge < -0.3 is 10.1 Å². The van der Waals surface area contributed by atoms with Crippen molar-refractivity contribution >= 4 is 17.5 Å². The summed E-state index contributed by atoms with van der Waals surface area (Å²) in [7, 11) is 0. The first kappa shape index (κ1) is 15.1. The Hall–Kier alpha value is -1.85. The van der Waals surface area contributed by atoms with E-state index in [2.05, 4.69) is 10.4 Å². The van der Waals surface area contributed by atoms with Gasteiger partial charge in [0.05, 0.1) is 29.7 Å². The molecule has 2 heterocycles.